The molecule has 0 aliphatic rings. The Balaban J connectivity index is 4.63. The third kappa shape index (κ3) is 7.33. The summed E-state index contributed by atoms with van der Waals surface area (Å²) in [6.07, 6.45) is -0.655. The van der Waals surface area contributed by atoms with Crippen molar-refractivity contribution in [3.05, 3.63) is 0 Å². The van der Waals surface area contributed by atoms with E-state index in [0.717, 1.165) is 45.2 Å². The van der Waals surface area contributed by atoms with Gasteiger partial charge in [0.15, 0.2) is 5.92 Å². The molecular formula is C12H17F3I2O4. The number of ether oxygens (including phenoxy) is 2. The normalized spacial score (nSPS) is 14.7. The first-order chi connectivity index (χ1) is 9.56. The second-order valence-electron chi connectivity index (χ2n) is 4.15. The molecule has 0 saturated carbocycles. The fraction of sp³-hybridized carbons (Fsp3) is 0.833. The summed E-state index contributed by atoms with van der Waals surface area (Å²) in [6, 6.07) is 0. The molecular weight excluding hydrogens is 519 g/mol. The largest absolute Gasteiger partial charge is 0.465 e. The molecule has 0 aliphatic heterocycles. The zero-order valence-electron chi connectivity index (χ0n) is 11.6. The number of hydrogen-bond acceptors (Lipinski definition) is 4. The average molecular weight is 536 g/mol. The first-order valence-electron chi connectivity index (χ1n) is 6.34. The minimum atomic E-state index is -3.53. The number of carbonyl (C=O) groups is 2. The average Bonchev–Trinajstić information content (AvgIpc) is 2.33. The zero-order chi connectivity index (χ0) is 16.7. The highest BCUT2D eigenvalue weighted by Gasteiger charge is 2.50. The molecule has 0 aromatic carbocycles. The van der Waals surface area contributed by atoms with E-state index in [2.05, 4.69) is 0 Å². The molecule has 0 amide bonds. The minimum absolute atomic E-state index is 0.0691. The van der Waals surface area contributed by atoms with E-state index in [1.807, 2.05) is 0 Å². The van der Waals surface area contributed by atoms with E-state index in [1.165, 1.54) is 0 Å². The van der Waals surface area contributed by atoms with Gasteiger partial charge >= 0.3 is 15.9 Å². The fourth-order valence-electron chi connectivity index (χ4n) is 1.49. The van der Waals surface area contributed by atoms with Crippen LogP contribution in [0.2, 0.25) is 0 Å². The number of esters is 2. The van der Waals surface area contributed by atoms with Crippen molar-refractivity contribution in [3.63, 3.8) is 0 Å². The topological polar surface area (TPSA) is 52.6 Å². The predicted molar refractivity (Wildman–Crippen MR) is 87.4 cm³/mol. The first-order valence-corrected chi connectivity index (χ1v) is 8.50. The highest BCUT2D eigenvalue weighted by molar-refractivity contribution is 14.1. The molecule has 4 nitrogen and oxygen atoms in total. The lowest BCUT2D eigenvalue weighted by molar-refractivity contribution is -0.162. The van der Waals surface area contributed by atoms with E-state index in [4.69, 9.17) is 9.47 Å². The summed E-state index contributed by atoms with van der Waals surface area (Å²) in [5.41, 5.74) is 0. The predicted octanol–water partition coefficient (Wildman–Crippen LogP) is 4.03. The second kappa shape index (κ2) is 9.36. The van der Waals surface area contributed by atoms with E-state index in [0.29, 0.717) is 0 Å². The second-order valence-corrected chi connectivity index (χ2v) is 7.22. The van der Waals surface area contributed by atoms with Gasteiger partial charge in [0.2, 0.25) is 3.68 Å². The lowest BCUT2D eigenvalue weighted by Crippen LogP contribution is -2.33. The maximum Gasteiger partial charge on any atom is 0.338 e. The van der Waals surface area contributed by atoms with Gasteiger partial charge in [0.25, 0.3) is 0 Å². The van der Waals surface area contributed by atoms with E-state index in [-0.39, 0.29) is 26.1 Å². The van der Waals surface area contributed by atoms with Crippen molar-refractivity contribution in [2.45, 2.75) is 40.7 Å². The molecule has 0 fully saturated rings. The van der Waals surface area contributed by atoms with Crippen LogP contribution in [0.4, 0.5) is 13.2 Å². The smallest absolute Gasteiger partial charge is 0.338 e. The van der Waals surface area contributed by atoms with Crippen LogP contribution in [0.25, 0.3) is 0 Å². The van der Waals surface area contributed by atoms with Crippen molar-refractivity contribution in [3.8, 4) is 0 Å². The van der Waals surface area contributed by atoms with Crippen molar-refractivity contribution in [1.82, 2.24) is 0 Å². The molecule has 0 aromatic rings. The number of rotatable bonds is 9. The van der Waals surface area contributed by atoms with Gasteiger partial charge < -0.3 is 9.47 Å². The SMILES string of the molecule is CCOC(=O)C(CCCC(F)(I)C(F)(F)I)C(=O)OCC. The summed E-state index contributed by atoms with van der Waals surface area (Å²) < 4.78 is 43.0. The summed E-state index contributed by atoms with van der Waals surface area (Å²) in [6.45, 7) is 3.32. The highest BCUT2D eigenvalue weighted by Crippen LogP contribution is 2.46. The van der Waals surface area contributed by atoms with E-state index >= 15 is 0 Å². The van der Waals surface area contributed by atoms with E-state index in [9.17, 15) is 22.8 Å². The zero-order valence-corrected chi connectivity index (χ0v) is 16.0. The van der Waals surface area contributed by atoms with Crippen molar-refractivity contribution < 1.29 is 32.2 Å². The van der Waals surface area contributed by atoms with Crippen LogP contribution in [0.3, 0.4) is 0 Å². The highest BCUT2D eigenvalue weighted by atomic mass is 127. The molecule has 21 heavy (non-hydrogen) atoms. The Bertz CT molecular complexity index is 341. The summed E-state index contributed by atoms with van der Waals surface area (Å²) >= 11 is 1.77. The van der Waals surface area contributed by atoms with Crippen LogP contribution in [-0.2, 0) is 19.1 Å². The standard InChI is InChI=1S/C12H17F3I2O4/c1-3-20-9(18)8(10(19)21-4-2)6-5-7-11(13,16)12(14,15)17/h8H,3-7H2,1-2H3. The third-order valence-electron chi connectivity index (χ3n) is 2.54. The number of hydrogen-bond donors (Lipinski definition) is 0. The molecule has 124 valence electrons. The maximum atomic E-state index is 13.7. The summed E-state index contributed by atoms with van der Waals surface area (Å²) in [7, 11) is 0. The van der Waals surface area contributed by atoms with Crippen LogP contribution >= 0.6 is 45.2 Å². The third-order valence-corrected chi connectivity index (χ3v) is 5.64. The van der Waals surface area contributed by atoms with Crippen LogP contribution < -0.4 is 0 Å². The van der Waals surface area contributed by atoms with Gasteiger partial charge in [0, 0.05) is 22.6 Å². The van der Waals surface area contributed by atoms with Crippen LogP contribution in [0.15, 0.2) is 0 Å². The Kier molecular flexibility index (Phi) is 9.44. The van der Waals surface area contributed by atoms with Gasteiger partial charge in [-0.05, 0) is 55.7 Å². The molecule has 1 atom stereocenters. The molecule has 0 radical (unpaired) electrons. The quantitative estimate of drug-likeness (QED) is 0.194. The molecule has 0 aromatic heterocycles. The molecule has 0 spiro atoms. The van der Waals surface area contributed by atoms with Gasteiger partial charge in [-0.2, -0.15) is 8.78 Å². The molecule has 0 saturated heterocycles. The summed E-state index contributed by atoms with van der Waals surface area (Å²) in [5, 5.41) is 0. The fourth-order valence-corrected chi connectivity index (χ4v) is 2.14. The van der Waals surface area contributed by atoms with Gasteiger partial charge in [-0.15, -0.1) is 0 Å². The van der Waals surface area contributed by atoms with Gasteiger partial charge in [-0.1, -0.05) is 0 Å². The van der Waals surface area contributed by atoms with Crippen molar-refractivity contribution in [2.75, 3.05) is 13.2 Å². The molecule has 9 heteroatoms. The Hall–Kier alpha value is 0.190. The van der Waals surface area contributed by atoms with Crippen LogP contribution in [0.1, 0.15) is 33.1 Å². The number of halogens is 5. The van der Waals surface area contributed by atoms with Crippen LogP contribution in [-0.4, -0.2) is 32.8 Å². The Morgan fingerprint density at radius 1 is 1.05 bits per heavy atom. The lowest BCUT2D eigenvalue weighted by Gasteiger charge is -2.24. The molecule has 0 N–H and O–H groups in total. The minimum Gasteiger partial charge on any atom is -0.465 e. The monoisotopic (exact) mass is 536 g/mol. The number of alkyl halides is 5. The first kappa shape index (κ1) is 21.2. The van der Waals surface area contributed by atoms with Crippen molar-refractivity contribution in [1.29, 1.82) is 0 Å². The maximum absolute atomic E-state index is 13.7. The molecule has 0 heterocycles. The van der Waals surface area contributed by atoms with Gasteiger partial charge in [0.1, 0.15) is 0 Å². The number of carbonyl (C=O) groups excluding carboxylic acids is 2. The van der Waals surface area contributed by atoms with Crippen LogP contribution in [0.5, 0.6) is 0 Å². The summed E-state index contributed by atoms with van der Waals surface area (Å²) in [4.78, 5) is 23.3. The van der Waals surface area contributed by atoms with Gasteiger partial charge in [-0.3, -0.25) is 9.59 Å². The molecule has 0 bridgehead atoms. The van der Waals surface area contributed by atoms with E-state index in [1.54, 1.807) is 13.8 Å². The molecule has 0 rings (SSSR count). The Morgan fingerprint density at radius 3 is 1.81 bits per heavy atom. The van der Waals surface area contributed by atoms with Crippen molar-refractivity contribution in [2.24, 2.45) is 5.92 Å². The Labute approximate surface area is 148 Å². The molecule has 0 aliphatic carbocycles. The van der Waals surface area contributed by atoms with E-state index < -0.39 is 31.9 Å². The van der Waals surface area contributed by atoms with Gasteiger partial charge in [0.05, 0.1) is 13.2 Å². The van der Waals surface area contributed by atoms with Crippen LogP contribution in [0, 0.1) is 5.92 Å². The molecule has 1 unspecified atom stereocenters. The Morgan fingerprint density at radius 2 is 1.48 bits per heavy atom. The lowest BCUT2D eigenvalue weighted by atomic mass is 10.0. The van der Waals surface area contributed by atoms with Gasteiger partial charge in [-0.25, -0.2) is 4.39 Å². The van der Waals surface area contributed by atoms with Crippen molar-refractivity contribution >= 4 is 57.1 Å². The summed E-state index contributed by atoms with van der Waals surface area (Å²) in [5.74, 6) is -2.77.